The zero-order valence-corrected chi connectivity index (χ0v) is 18.3. The van der Waals surface area contributed by atoms with Crippen molar-refractivity contribution in [2.75, 3.05) is 38.4 Å². The van der Waals surface area contributed by atoms with E-state index in [4.69, 9.17) is 15.2 Å². The molecule has 0 bridgehead atoms. The fourth-order valence-electron chi connectivity index (χ4n) is 3.75. The number of aromatic nitrogens is 2. The van der Waals surface area contributed by atoms with Gasteiger partial charge in [-0.05, 0) is 31.5 Å². The Morgan fingerprint density at radius 2 is 1.72 bits per heavy atom. The molecule has 0 aliphatic carbocycles. The number of rotatable bonds is 7. The van der Waals surface area contributed by atoms with Crippen molar-refractivity contribution in [3.05, 3.63) is 59.9 Å². The molecule has 1 amide bonds. The van der Waals surface area contributed by atoms with Crippen molar-refractivity contribution in [3.63, 3.8) is 0 Å². The number of hydrogen-bond donors (Lipinski definition) is 2. The van der Waals surface area contributed by atoms with E-state index in [-0.39, 0.29) is 11.5 Å². The molecule has 4 rings (SSSR count). The van der Waals surface area contributed by atoms with Gasteiger partial charge in [0.2, 0.25) is 0 Å². The Morgan fingerprint density at radius 3 is 2.34 bits per heavy atom. The fourth-order valence-corrected chi connectivity index (χ4v) is 3.75. The van der Waals surface area contributed by atoms with E-state index in [1.165, 1.54) is 18.4 Å². The molecule has 8 heteroatoms. The van der Waals surface area contributed by atoms with E-state index in [9.17, 15) is 4.79 Å². The van der Waals surface area contributed by atoms with Crippen LogP contribution in [0.3, 0.4) is 0 Å². The van der Waals surface area contributed by atoms with Crippen LogP contribution in [0.1, 0.15) is 28.9 Å². The van der Waals surface area contributed by atoms with Gasteiger partial charge in [-0.2, -0.15) is 0 Å². The highest BCUT2D eigenvalue weighted by atomic mass is 16.5. The van der Waals surface area contributed by atoms with Gasteiger partial charge < -0.3 is 20.5 Å². The number of nitrogen functional groups attached to an aromatic ring is 1. The molecule has 1 saturated heterocycles. The van der Waals surface area contributed by atoms with E-state index in [0.29, 0.717) is 22.9 Å². The van der Waals surface area contributed by atoms with Crippen LogP contribution in [0.25, 0.3) is 11.3 Å². The second kappa shape index (κ2) is 9.65. The summed E-state index contributed by atoms with van der Waals surface area (Å²) in [5, 5.41) is 2.79. The monoisotopic (exact) mass is 433 g/mol. The Kier molecular flexibility index (Phi) is 6.51. The number of ether oxygens (including phenoxy) is 2. The quantitative estimate of drug-likeness (QED) is 0.587. The van der Waals surface area contributed by atoms with Gasteiger partial charge in [0.1, 0.15) is 11.5 Å². The highest BCUT2D eigenvalue weighted by Gasteiger charge is 2.17. The van der Waals surface area contributed by atoms with Crippen molar-refractivity contribution in [2.24, 2.45) is 0 Å². The number of nitrogens with two attached hydrogens (primary N) is 1. The number of nitrogens with one attached hydrogen (secondary N) is 1. The largest absolute Gasteiger partial charge is 0.497 e. The summed E-state index contributed by atoms with van der Waals surface area (Å²) in [5.41, 5.74) is 9.24. The number of hydrogen-bond acceptors (Lipinski definition) is 7. The van der Waals surface area contributed by atoms with E-state index < -0.39 is 5.91 Å². The van der Waals surface area contributed by atoms with E-state index in [0.717, 1.165) is 25.2 Å². The number of nitrogens with zero attached hydrogens (tertiary/aromatic N) is 3. The molecule has 0 radical (unpaired) electrons. The van der Waals surface area contributed by atoms with Gasteiger partial charge in [0.05, 0.1) is 26.1 Å². The second-order valence-corrected chi connectivity index (χ2v) is 7.72. The van der Waals surface area contributed by atoms with Gasteiger partial charge >= 0.3 is 0 Å². The number of anilines is 2. The lowest BCUT2D eigenvalue weighted by atomic mass is 10.1. The maximum absolute atomic E-state index is 12.9. The topological polar surface area (TPSA) is 103 Å². The summed E-state index contributed by atoms with van der Waals surface area (Å²) in [5.74, 6) is 0.715. The smallest absolute Gasteiger partial charge is 0.278 e. The normalized spacial score (nSPS) is 13.7. The average Bonchev–Trinajstić information content (AvgIpc) is 3.32. The third-order valence-corrected chi connectivity index (χ3v) is 5.48. The fraction of sp³-hybridized carbons (Fsp3) is 0.292. The summed E-state index contributed by atoms with van der Waals surface area (Å²) in [6.07, 6.45) is 4.12. The van der Waals surface area contributed by atoms with Crippen LogP contribution in [0.2, 0.25) is 0 Å². The molecule has 0 spiro atoms. The molecule has 1 fully saturated rings. The van der Waals surface area contributed by atoms with Gasteiger partial charge in [0, 0.05) is 36.0 Å². The highest BCUT2D eigenvalue weighted by molar-refractivity contribution is 6.06. The molecule has 1 aliphatic rings. The first-order valence-corrected chi connectivity index (χ1v) is 10.5. The van der Waals surface area contributed by atoms with Gasteiger partial charge in [0.25, 0.3) is 5.91 Å². The Labute approximate surface area is 187 Å². The lowest BCUT2D eigenvalue weighted by Crippen LogP contribution is -2.18. The van der Waals surface area contributed by atoms with Crippen LogP contribution in [-0.2, 0) is 6.54 Å². The molecule has 32 heavy (non-hydrogen) atoms. The van der Waals surface area contributed by atoms with Crippen molar-refractivity contribution < 1.29 is 14.3 Å². The van der Waals surface area contributed by atoms with Gasteiger partial charge in [-0.15, -0.1) is 0 Å². The average molecular weight is 434 g/mol. The summed E-state index contributed by atoms with van der Waals surface area (Å²) in [6.45, 7) is 3.26. The minimum atomic E-state index is -0.460. The van der Waals surface area contributed by atoms with Crippen LogP contribution in [0.15, 0.2) is 48.7 Å². The van der Waals surface area contributed by atoms with E-state index in [1.54, 1.807) is 38.6 Å². The number of likely N-dealkylation sites (tertiary alicyclic amines) is 1. The van der Waals surface area contributed by atoms with Crippen LogP contribution >= 0.6 is 0 Å². The van der Waals surface area contributed by atoms with Crippen LogP contribution in [0, 0.1) is 0 Å². The zero-order valence-electron chi connectivity index (χ0n) is 18.3. The van der Waals surface area contributed by atoms with Crippen LogP contribution < -0.4 is 20.5 Å². The SMILES string of the molecule is COc1cc(NC(=O)c2nc(-c3ccc(CN4CCCC4)cc3)cnc2N)cc(OC)c1. The molecule has 1 aromatic heterocycles. The molecule has 3 N–H and O–H groups in total. The van der Waals surface area contributed by atoms with E-state index in [2.05, 4.69) is 32.3 Å². The Bertz CT molecular complexity index is 1070. The Balaban J connectivity index is 1.52. The third kappa shape index (κ3) is 4.97. The first-order valence-electron chi connectivity index (χ1n) is 10.5. The van der Waals surface area contributed by atoms with Gasteiger partial charge in [-0.25, -0.2) is 9.97 Å². The van der Waals surface area contributed by atoms with Crippen LogP contribution in [0.5, 0.6) is 11.5 Å². The minimum Gasteiger partial charge on any atom is -0.497 e. The van der Waals surface area contributed by atoms with Gasteiger partial charge in [-0.3, -0.25) is 9.69 Å². The number of methoxy groups -OCH3 is 2. The predicted molar refractivity (Wildman–Crippen MR) is 124 cm³/mol. The third-order valence-electron chi connectivity index (χ3n) is 5.48. The molecular formula is C24H27N5O3. The first kappa shape index (κ1) is 21.6. The zero-order chi connectivity index (χ0) is 22.5. The first-order chi connectivity index (χ1) is 15.6. The molecule has 0 unspecified atom stereocenters. The molecule has 2 aromatic carbocycles. The molecule has 2 heterocycles. The molecular weight excluding hydrogens is 406 g/mol. The molecule has 0 atom stereocenters. The summed E-state index contributed by atoms with van der Waals surface area (Å²) in [7, 11) is 3.09. The van der Waals surface area contributed by atoms with E-state index in [1.807, 2.05) is 12.1 Å². The van der Waals surface area contributed by atoms with Crippen LogP contribution in [0.4, 0.5) is 11.5 Å². The lowest BCUT2D eigenvalue weighted by molar-refractivity contribution is 0.102. The number of carbonyl (C=O) groups is 1. The van der Waals surface area contributed by atoms with Crippen molar-refractivity contribution >= 4 is 17.4 Å². The maximum atomic E-state index is 12.9. The Morgan fingerprint density at radius 1 is 1.06 bits per heavy atom. The molecule has 166 valence electrons. The minimum absolute atomic E-state index is 0.0606. The summed E-state index contributed by atoms with van der Waals surface area (Å²) in [4.78, 5) is 24.0. The number of amides is 1. The highest BCUT2D eigenvalue weighted by Crippen LogP contribution is 2.27. The summed E-state index contributed by atoms with van der Waals surface area (Å²) in [6, 6.07) is 13.3. The summed E-state index contributed by atoms with van der Waals surface area (Å²) < 4.78 is 10.5. The van der Waals surface area contributed by atoms with Gasteiger partial charge in [0.15, 0.2) is 11.5 Å². The lowest BCUT2D eigenvalue weighted by Gasteiger charge is -2.14. The standard InChI is InChI=1S/C24H27N5O3/c1-31-19-11-18(12-20(13-19)32-2)27-24(30)22-23(25)26-14-21(28-22)17-7-5-16(6-8-17)15-29-9-3-4-10-29/h5-8,11-14H,3-4,9-10,15H2,1-2H3,(H2,25,26)(H,27,30). The molecule has 3 aromatic rings. The predicted octanol–water partition coefficient (Wildman–Crippen LogP) is 3.59. The van der Waals surface area contributed by atoms with Crippen molar-refractivity contribution in [2.45, 2.75) is 19.4 Å². The number of benzene rings is 2. The van der Waals surface area contributed by atoms with Crippen molar-refractivity contribution in [1.29, 1.82) is 0 Å². The number of carbonyl (C=O) groups excluding carboxylic acids is 1. The Hall–Kier alpha value is -3.65. The second-order valence-electron chi connectivity index (χ2n) is 7.72. The van der Waals surface area contributed by atoms with Crippen LogP contribution in [-0.4, -0.2) is 48.1 Å². The maximum Gasteiger partial charge on any atom is 0.278 e. The molecule has 0 saturated carbocycles. The van der Waals surface area contributed by atoms with Gasteiger partial charge in [-0.1, -0.05) is 24.3 Å². The molecule has 8 nitrogen and oxygen atoms in total. The van der Waals surface area contributed by atoms with E-state index >= 15 is 0 Å². The van der Waals surface area contributed by atoms with Crippen molar-refractivity contribution in [3.8, 4) is 22.8 Å². The molecule has 1 aliphatic heterocycles. The van der Waals surface area contributed by atoms with Crippen molar-refractivity contribution in [1.82, 2.24) is 14.9 Å². The summed E-state index contributed by atoms with van der Waals surface area (Å²) >= 11 is 0.